The molecule has 2 aromatic rings. The minimum atomic E-state index is -4.02. The van der Waals surface area contributed by atoms with Gasteiger partial charge in [-0.15, -0.1) is 5.10 Å². The summed E-state index contributed by atoms with van der Waals surface area (Å²) in [5.41, 5.74) is -0.0532. The highest BCUT2D eigenvalue weighted by Crippen LogP contribution is 2.33. The van der Waals surface area contributed by atoms with Crippen LogP contribution in [0.4, 0.5) is 0 Å². The van der Waals surface area contributed by atoms with E-state index in [1.54, 1.807) is 0 Å². The van der Waals surface area contributed by atoms with Crippen LogP contribution in [-0.4, -0.2) is 18.6 Å². The standard InChI is InChI=1S/C8H4Cl2N2O4S/c9-4-2-1-3-5(17(10,14)15)6(4)7-11-12-8(13)16-7/h1-3H,(H,12,13). The van der Waals surface area contributed by atoms with Gasteiger partial charge in [0.15, 0.2) is 0 Å². The predicted molar refractivity (Wildman–Crippen MR) is 60.6 cm³/mol. The number of hydrogen-bond acceptors (Lipinski definition) is 5. The first kappa shape index (κ1) is 12.2. The van der Waals surface area contributed by atoms with Gasteiger partial charge in [-0.25, -0.2) is 18.3 Å². The number of nitrogens with one attached hydrogen (secondary N) is 1. The van der Waals surface area contributed by atoms with Crippen molar-refractivity contribution in [3.8, 4) is 11.5 Å². The summed E-state index contributed by atoms with van der Waals surface area (Å²) in [6.45, 7) is 0. The summed E-state index contributed by atoms with van der Waals surface area (Å²) in [5.74, 6) is -1.06. The van der Waals surface area contributed by atoms with E-state index < -0.39 is 14.8 Å². The fourth-order valence-corrected chi connectivity index (χ4v) is 2.63. The van der Waals surface area contributed by atoms with Gasteiger partial charge in [-0.3, -0.25) is 0 Å². The average Bonchev–Trinajstić information content (AvgIpc) is 2.63. The molecule has 1 aromatic carbocycles. The maximum absolute atomic E-state index is 11.3. The van der Waals surface area contributed by atoms with Crippen molar-refractivity contribution in [2.24, 2.45) is 0 Å². The highest BCUT2D eigenvalue weighted by Gasteiger charge is 2.22. The lowest BCUT2D eigenvalue weighted by molar-refractivity contribution is 0.525. The van der Waals surface area contributed by atoms with Crippen molar-refractivity contribution in [2.45, 2.75) is 4.90 Å². The van der Waals surface area contributed by atoms with Gasteiger partial charge in [0, 0.05) is 10.7 Å². The van der Waals surface area contributed by atoms with E-state index in [9.17, 15) is 13.2 Å². The largest absolute Gasteiger partial charge is 0.434 e. The van der Waals surface area contributed by atoms with Gasteiger partial charge >= 0.3 is 5.76 Å². The van der Waals surface area contributed by atoms with Crippen molar-refractivity contribution in [2.75, 3.05) is 0 Å². The van der Waals surface area contributed by atoms with Gasteiger partial charge in [-0.1, -0.05) is 17.7 Å². The molecule has 0 unspecified atom stereocenters. The first-order valence-corrected chi connectivity index (χ1v) is 6.87. The molecule has 0 aliphatic carbocycles. The molecule has 0 saturated heterocycles. The molecular formula is C8H4Cl2N2O4S. The number of aromatic amines is 1. The molecule has 0 saturated carbocycles. The van der Waals surface area contributed by atoms with E-state index in [1.165, 1.54) is 18.2 Å². The summed E-state index contributed by atoms with van der Waals surface area (Å²) < 4.78 is 27.3. The Morgan fingerprint density at radius 1 is 1.35 bits per heavy atom. The second kappa shape index (κ2) is 4.17. The lowest BCUT2D eigenvalue weighted by Gasteiger charge is -2.04. The Hall–Kier alpha value is -1.31. The third-order valence-corrected chi connectivity index (χ3v) is 3.57. The number of halogens is 2. The summed E-state index contributed by atoms with van der Waals surface area (Å²) in [7, 11) is 1.23. The highest BCUT2D eigenvalue weighted by molar-refractivity contribution is 8.13. The lowest BCUT2D eigenvalue weighted by atomic mass is 10.2. The van der Waals surface area contributed by atoms with Gasteiger partial charge in [0.1, 0.15) is 0 Å². The minimum Gasteiger partial charge on any atom is -0.388 e. The summed E-state index contributed by atoms with van der Waals surface area (Å²) >= 11 is 5.84. The van der Waals surface area contributed by atoms with Crippen molar-refractivity contribution in [3.05, 3.63) is 33.8 Å². The monoisotopic (exact) mass is 294 g/mol. The Kier molecular flexibility index (Phi) is 2.98. The zero-order chi connectivity index (χ0) is 12.6. The number of hydrogen-bond donors (Lipinski definition) is 1. The Labute approximate surface area is 105 Å². The summed E-state index contributed by atoms with van der Waals surface area (Å²) in [6, 6.07) is 4.07. The molecule has 2 rings (SSSR count). The average molecular weight is 295 g/mol. The van der Waals surface area contributed by atoms with E-state index in [0.717, 1.165) is 0 Å². The van der Waals surface area contributed by atoms with Crippen LogP contribution in [0.3, 0.4) is 0 Å². The van der Waals surface area contributed by atoms with Crippen molar-refractivity contribution in [3.63, 3.8) is 0 Å². The van der Waals surface area contributed by atoms with Crippen LogP contribution < -0.4 is 5.76 Å². The molecule has 1 heterocycles. The molecule has 17 heavy (non-hydrogen) atoms. The molecular weight excluding hydrogens is 291 g/mol. The Morgan fingerprint density at radius 3 is 2.59 bits per heavy atom. The molecule has 1 aromatic heterocycles. The normalized spacial score (nSPS) is 11.6. The smallest absolute Gasteiger partial charge is 0.388 e. The molecule has 0 atom stereocenters. The van der Waals surface area contributed by atoms with Crippen LogP contribution in [0.15, 0.2) is 32.3 Å². The molecule has 0 spiro atoms. The maximum atomic E-state index is 11.3. The molecule has 6 nitrogen and oxygen atoms in total. The highest BCUT2D eigenvalue weighted by atomic mass is 35.7. The molecule has 90 valence electrons. The van der Waals surface area contributed by atoms with Crippen LogP contribution in [0.5, 0.6) is 0 Å². The van der Waals surface area contributed by atoms with Crippen molar-refractivity contribution in [1.29, 1.82) is 0 Å². The van der Waals surface area contributed by atoms with E-state index in [1.807, 2.05) is 5.10 Å². The quantitative estimate of drug-likeness (QED) is 0.849. The molecule has 0 amide bonds. The SMILES string of the molecule is O=c1[nH]nc(-c2c(Cl)cccc2S(=O)(=O)Cl)o1. The third-order valence-electron chi connectivity index (χ3n) is 1.89. The van der Waals surface area contributed by atoms with Crippen LogP contribution in [0.2, 0.25) is 5.02 Å². The van der Waals surface area contributed by atoms with Gasteiger partial charge in [0.05, 0.1) is 15.5 Å². The topological polar surface area (TPSA) is 93.0 Å². The second-order valence-corrected chi connectivity index (χ2v) is 5.91. The Morgan fingerprint density at radius 2 is 2.06 bits per heavy atom. The Bertz CT molecular complexity index is 719. The number of H-pyrrole nitrogens is 1. The van der Waals surface area contributed by atoms with E-state index in [2.05, 4.69) is 9.52 Å². The Balaban J connectivity index is 2.81. The van der Waals surface area contributed by atoms with E-state index >= 15 is 0 Å². The molecule has 0 aliphatic rings. The van der Waals surface area contributed by atoms with Crippen molar-refractivity contribution >= 4 is 31.3 Å². The van der Waals surface area contributed by atoms with Crippen molar-refractivity contribution in [1.82, 2.24) is 10.2 Å². The van der Waals surface area contributed by atoms with Crippen LogP contribution in [-0.2, 0) is 9.05 Å². The molecule has 1 N–H and O–H groups in total. The number of aromatic nitrogens is 2. The number of benzene rings is 1. The lowest BCUT2D eigenvalue weighted by Crippen LogP contribution is -1.96. The number of nitrogens with zero attached hydrogens (tertiary/aromatic N) is 1. The van der Waals surface area contributed by atoms with Crippen LogP contribution in [0.25, 0.3) is 11.5 Å². The predicted octanol–water partition coefficient (Wildman–Crippen LogP) is 1.61. The van der Waals surface area contributed by atoms with E-state index in [0.29, 0.717) is 0 Å². The summed E-state index contributed by atoms with van der Waals surface area (Å²) in [4.78, 5) is 10.5. The first-order valence-electron chi connectivity index (χ1n) is 4.18. The number of rotatable bonds is 2. The van der Waals surface area contributed by atoms with Crippen molar-refractivity contribution < 1.29 is 12.8 Å². The molecule has 9 heteroatoms. The molecule has 0 aliphatic heterocycles. The fraction of sp³-hybridized carbons (Fsp3) is 0. The van der Waals surface area contributed by atoms with Gasteiger partial charge in [-0.05, 0) is 12.1 Å². The summed E-state index contributed by atoms with van der Waals surface area (Å²) in [5, 5.41) is 5.57. The van der Waals surface area contributed by atoms with Crippen LogP contribution in [0, 0.1) is 0 Å². The zero-order valence-electron chi connectivity index (χ0n) is 7.98. The first-order chi connectivity index (χ1) is 7.89. The van der Waals surface area contributed by atoms with Crippen LogP contribution >= 0.6 is 22.3 Å². The molecule has 0 radical (unpaired) electrons. The fourth-order valence-electron chi connectivity index (χ4n) is 1.25. The van der Waals surface area contributed by atoms with Gasteiger partial charge in [0.25, 0.3) is 14.9 Å². The second-order valence-electron chi connectivity index (χ2n) is 2.97. The molecule has 0 fully saturated rings. The van der Waals surface area contributed by atoms with E-state index in [-0.39, 0.29) is 21.4 Å². The summed E-state index contributed by atoms with van der Waals surface area (Å²) in [6.07, 6.45) is 0. The van der Waals surface area contributed by atoms with Gasteiger partial charge in [-0.2, -0.15) is 0 Å². The maximum Gasteiger partial charge on any atom is 0.434 e. The third kappa shape index (κ3) is 2.36. The van der Waals surface area contributed by atoms with Crippen LogP contribution in [0.1, 0.15) is 0 Å². The zero-order valence-corrected chi connectivity index (χ0v) is 10.3. The molecule has 0 bridgehead atoms. The van der Waals surface area contributed by atoms with Gasteiger partial charge in [0.2, 0.25) is 0 Å². The van der Waals surface area contributed by atoms with E-state index in [4.69, 9.17) is 22.3 Å². The minimum absolute atomic E-state index is 0.0532. The van der Waals surface area contributed by atoms with Gasteiger partial charge < -0.3 is 4.42 Å².